The fraction of sp³-hybridized carbons (Fsp3) is 0.667. The molecule has 1 N–H and O–H groups in total. The summed E-state index contributed by atoms with van der Waals surface area (Å²) in [6, 6.07) is 1.71. The van der Waals surface area contributed by atoms with Crippen molar-refractivity contribution in [3.63, 3.8) is 0 Å². The van der Waals surface area contributed by atoms with Gasteiger partial charge in [0.2, 0.25) is 9.84 Å². The summed E-state index contributed by atoms with van der Waals surface area (Å²) < 4.78 is 28.7. The number of nitriles is 1. The van der Waals surface area contributed by atoms with Gasteiger partial charge in [-0.05, 0) is 26.2 Å². The first-order valence-corrected chi connectivity index (χ1v) is 7.92. The van der Waals surface area contributed by atoms with Crippen molar-refractivity contribution in [1.29, 1.82) is 5.26 Å². The summed E-state index contributed by atoms with van der Waals surface area (Å²) in [4.78, 5) is 10.9. The average molecular weight is 286 g/mol. The number of nitrogens with zero attached hydrogens (tertiary/aromatic N) is 1. The maximum Gasteiger partial charge on any atom is 0.321 e. The van der Waals surface area contributed by atoms with Crippen molar-refractivity contribution in [3.05, 3.63) is 10.6 Å². The van der Waals surface area contributed by atoms with Crippen LogP contribution in [0.25, 0.3) is 0 Å². The molecule has 6 nitrogen and oxygen atoms in total. The van der Waals surface area contributed by atoms with E-state index in [1.165, 1.54) is 0 Å². The first-order chi connectivity index (χ1) is 9.01. The normalized spacial score (nSPS) is 18.7. The van der Waals surface area contributed by atoms with Crippen molar-refractivity contribution in [2.45, 2.75) is 32.6 Å². The molecule has 7 heteroatoms. The second-order valence-electron chi connectivity index (χ2n) is 4.22. The molecule has 0 atom stereocenters. The largest absolute Gasteiger partial charge is 0.465 e. The van der Waals surface area contributed by atoms with Gasteiger partial charge >= 0.3 is 5.97 Å². The molecule has 0 bridgehead atoms. The molecule has 1 saturated heterocycles. The fourth-order valence-electron chi connectivity index (χ4n) is 1.88. The average Bonchev–Trinajstić information content (AvgIpc) is 2.58. The molecule has 0 aromatic carbocycles. The highest BCUT2D eigenvalue weighted by atomic mass is 32.2. The number of nitrogens with one attached hydrogen (secondary N) is 1. The molecule has 0 amide bonds. The lowest BCUT2D eigenvalue weighted by atomic mass is 10.2. The third-order valence-corrected chi connectivity index (χ3v) is 4.32. The van der Waals surface area contributed by atoms with Crippen LogP contribution in [0.1, 0.15) is 32.6 Å². The van der Waals surface area contributed by atoms with E-state index in [-0.39, 0.29) is 11.5 Å². The molecular formula is C12H18N2O4S. The Labute approximate surface area is 113 Å². The van der Waals surface area contributed by atoms with Crippen LogP contribution in [0.3, 0.4) is 0 Å². The molecule has 0 aliphatic carbocycles. The number of ether oxygens (including phenoxy) is 1. The molecule has 0 spiro atoms. The number of rotatable bonds is 4. The monoisotopic (exact) mass is 286 g/mol. The van der Waals surface area contributed by atoms with Crippen molar-refractivity contribution >= 4 is 15.8 Å². The molecule has 1 fully saturated rings. The zero-order valence-corrected chi connectivity index (χ0v) is 11.8. The van der Waals surface area contributed by atoms with Crippen LogP contribution in [0.15, 0.2) is 10.6 Å². The zero-order valence-electron chi connectivity index (χ0n) is 10.9. The van der Waals surface area contributed by atoms with Crippen molar-refractivity contribution in [2.75, 3.05) is 18.9 Å². The number of esters is 1. The molecule has 0 aromatic heterocycles. The molecule has 19 heavy (non-hydrogen) atoms. The lowest BCUT2D eigenvalue weighted by molar-refractivity contribution is -0.139. The summed E-state index contributed by atoms with van der Waals surface area (Å²) in [5.41, 5.74) is 0.421. The Kier molecular flexibility index (Phi) is 5.83. The maximum absolute atomic E-state index is 12.0. The van der Waals surface area contributed by atoms with Crippen molar-refractivity contribution < 1.29 is 17.9 Å². The molecule has 0 aromatic rings. The minimum atomic E-state index is -3.93. The van der Waals surface area contributed by atoms with Crippen LogP contribution in [0.4, 0.5) is 0 Å². The lowest BCUT2D eigenvalue weighted by Gasteiger charge is -2.10. The van der Waals surface area contributed by atoms with E-state index in [4.69, 9.17) is 5.26 Å². The van der Waals surface area contributed by atoms with Crippen molar-refractivity contribution in [2.24, 2.45) is 0 Å². The Bertz CT molecular complexity index is 492. The van der Waals surface area contributed by atoms with Gasteiger partial charge in [0.05, 0.1) is 6.61 Å². The molecule has 0 radical (unpaired) electrons. The van der Waals surface area contributed by atoms with Gasteiger partial charge in [-0.15, -0.1) is 0 Å². The second kappa shape index (κ2) is 7.14. The summed E-state index contributed by atoms with van der Waals surface area (Å²) >= 11 is 0. The van der Waals surface area contributed by atoms with Gasteiger partial charge in [0, 0.05) is 12.2 Å². The summed E-state index contributed by atoms with van der Waals surface area (Å²) in [7, 11) is -3.93. The maximum atomic E-state index is 12.0. The van der Waals surface area contributed by atoms with E-state index in [9.17, 15) is 13.2 Å². The smallest absolute Gasteiger partial charge is 0.321 e. The topological polar surface area (TPSA) is 96.3 Å². The van der Waals surface area contributed by atoms with E-state index in [0.717, 1.165) is 19.3 Å². The Hall–Kier alpha value is -1.55. The van der Waals surface area contributed by atoms with E-state index in [2.05, 4.69) is 10.1 Å². The molecule has 1 rings (SSSR count). The highest BCUT2D eigenvalue weighted by Crippen LogP contribution is 2.19. The molecule has 106 valence electrons. The third-order valence-electron chi connectivity index (χ3n) is 2.74. The SMILES string of the molecule is CCOC(=O)CS(=O)(=O)/C(C#N)=C1/CCCCCN1. The van der Waals surface area contributed by atoms with Crippen LogP contribution in [-0.4, -0.2) is 33.3 Å². The predicted molar refractivity (Wildman–Crippen MR) is 69.5 cm³/mol. The minimum absolute atomic E-state index is 0.116. The van der Waals surface area contributed by atoms with Gasteiger partial charge in [0.25, 0.3) is 0 Å². The van der Waals surface area contributed by atoms with Crippen LogP contribution in [0, 0.1) is 11.3 Å². The van der Waals surface area contributed by atoms with Gasteiger partial charge in [-0.1, -0.05) is 6.42 Å². The number of hydrogen-bond donors (Lipinski definition) is 1. The predicted octanol–water partition coefficient (Wildman–Crippen LogP) is 0.863. The molecule has 0 saturated carbocycles. The van der Waals surface area contributed by atoms with E-state index < -0.39 is 21.6 Å². The van der Waals surface area contributed by atoms with E-state index in [0.29, 0.717) is 18.7 Å². The Balaban J connectivity index is 2.97. The van der Waals surface area contributed by atoms with Gasteiger partial charge in [0.15, 0.2) is 10.7 Å². The van der Waals surface area contributed by atoms with Gasteiger partial charge in [-0.2, -0.15) is 5.26 Å². The van der Waals surface area contributed by atoms with Gasteiger partial charge in [-0.3, -0.25) is 4.79 Å². The van der Waals surface area contributed by atoms with E-state index in [1.54, 1.807) is 13.0 Å². The Morgan fingerprint density at radius 3 is 2.79 bits per heavy atom. The molecule has 1 aliphatic rings. The minimum Gasteiger partial charge on any atom is -0.465 e. The fourth-order valence-corrected chi connectivity index (χ4v) is 3.11. The van der Waals surface area contributed by atoms with Crippen LogP contribution in [-0.2, 0) is 19.4 Å². The first kappa shape index (κ1) is 15.5. The standard InChI is InChI=1S/C12H18N2O4S/c1-2-18-12(15)9-19(16,17)11(8-13)10-6-4-3-5-7-14-10/h14H,2-7,9H2,1H3/b11-10-. The van der Waals surface area contributed by atoms with Crippen molar-refractivity contribution in [1.82, 2.24) is 5.32 Å². The third kappa shape index (κ3) is 4.56. The van der Waals surface area contributed by atoms with E-state index in [1.807, 2.05) is 0 Å². The first-order valence-electron chi connectivity index (χ1n) is 6.26. The molecule has 1 aliphatic heterocycles. The van der Waals surface area contributed by atoms with E-state index >= 15 is 0 Å². The number of allylic oxidation sites excluding steroid dienone is 2. The summed E-state index contributed by atoms with van der Waals surface area (Å²) in [6.45, 7) is 2.36. The number of carbonyl (C=O) groups is 1. The number of sulfone groups is 1. The lowest BCUT2D eigenvalue weighted by Crippen LogP contribution is -2.23. The molecule has 0 unspecified atom stereocenters. The van der Waals surface area contributed by atoms with Gasteiger partial charge in [0.1, 0.15) is 6.07 Å². The number of hydrogen-bond acceptors (Lipinski definition) is 6. The van der Waals surface area contributed by atoms with Gasteiger partial charge < -0.3 is 10.1 Å². The summed E-state index contributed by atoms with van der Waals surface area (Å²) in [5, 5.41) is 12.0. The van der Waals surface area contributed by atoms with Crippen LogP contribution < -0.4 is 5.32 Å². The quantitative estimate of drug-likeness (QED) is 0.608. The second-order valence-corrected chi connectivity index (χ2v) is 6.15. The number of carbonyl (C=O) groups excluding carboxylic acids is 1. The molecular weight excluding hydrogens is 268 g/mol. The van der Waals surface area contributed by atoms with Crippen LogP contribution in [0.2, 0.25) is 0 Å². The molecule has 1 heterocycles. The summed E-state index contributed by atoms with van der Waals surface area (Å²) in [5.74, 6) is -1.61. The van der Waals surface area contributed by atoms with Gasteiger partial charge in [-0.25, -0.2) is 8.42 Å². The Morgan fingerprint density at radius 2 is 2.16 bits per heavy atom. The van der Waals surface area contributed by atoms with Crippen LogP contribution in [0.5, 0.6) is 0 Å². The Morgan fingerprint density at radius 1 is 1.42 bits per heavy atom. The summed E-state index contributed by atoms with van der Waals surface area (Å²) in [6.07, 6.45) is 3.29. The zero-order chi connectivity index (χ0) is 14.3. The highest BCUT2D eigenvalue weighted by Gasteiger charge is 2.26. The van der Waals surface area contributed by atoms with Crippen molar-refractivity contribution in [3.8, 4) is 6.07 Å². The van der Waals surface area contributed by atoms with Crippen LogP contribution >= 0.6 is 0 Å². The highest BCUT2D eigenvalue weighted by molar-refractivity contribution is 7.96.